The average molecular weight is 311 g/mol. The molecule has 0 bridgehead atoms. The molecule has 0 aliphatic rings. The number of phosphoric acid groups is 1. The average Bonchev–Trinajstić information content (AvgIpc) is 2.34. The predicted octanol–water partition coefficient (Wildman–Crippen LogP) is 3.83. The van der Waals surface area contributed by atoms with E-state index in [1.165, 1.54) is 64.2 Å². The van der Waals surface area contributed by atoms with Gasteiger partial charge >= 0.3 is 7.82 Å². The first-order chi connectivity index (χ1) is 9.41. The van der Waals surface area contributed by atoms with E-state index in [2.05, 4.69) is 13.8 Å². The van der Waals surface area contributed by atoms with Gasteiger partial charge in [-0.25, -0.2) is 4.57 Å². The van der Waals surface area contributed by atoms with Crippen LogP contribution in [0.1, 0.15) is 71.1 Å². The lowest BCUT2D eigenvalue weighted by Gasteiger charge is -2.02. The number of ether oxygens (including phenoxy) is 1. The Morgan fingerprint density at radius 2 is 1.20 bits per heavy atom. The highest BCUT2D eigenvalue weighted by Gasteiger charge is 2.00. The molecule has 0 saturated heterocycles. The first-order valence-corrected chi connectivity index (χ1v) is 9.13. The van der Waals surface area contributed by atoms with Gasteiger partial charge in [-0.1, -0.05) is 64.7 Å². The zero-order valence-corrected chi connectivity index (χ0v) is 13.7. The van der Waals surface area contributed by atoms with Gasteiger partial charge in [0.25, 0.3) is 0 Å². The maximum absolute atomic E-state index is 8.88. The van der Waals surface area contributed by atoms with E-state index in [-0.39, 0.29) is 0 Å². The van der Waals surface area contributed by atoms with Crippen molar-refractivity contribution in [3.63, 3.8) is 0 Å². The van der Waals surface area contributed by atoms with Gasteiger partial charge in [-0.2, -0.15) is 0 Å². The van der Waals surface area contributed by atoms with Crippen molar-refractivity contribution in [1.29, 1.82) is 0 Å². The third kappa shape index (κ3) is 36.1. The highest BCUT2D eigenvalue weighted by Crippen LogP contribution is 2.25. The SMILES string of the molecule is O=P(O)(O)O.[CH2]COCCCCCCCCCCCC. The Morgan fingerprint density at radius 1 is 0.850 bits per heavy atom. The zero-order valence-electron chi connectivity index (χ0n) is 12.8. The van der Waals surface area contributed by atoms with Crippen molar-refractivity contribution >= 4 is 7.82 Å². The molecule has 0 rings (SSSR count). The third-order valence-corrected chi connectivity index (χ3v) is 2.79. The largest absolute Gasteiger partial charge is 0.466 e. The normalized spacial score (nSPS) is 11.1. The molecule has 0 saturated carbocycles. The van der Waals surface area contributed by atoms with Crippen molar-refractivity contribution in [2.24, 2.45) is 0 Å². The Hall–Kier alpha value is 0.0700. The number of rotatable bonds is 12. The van der Waals surface area contributed by atoms with Gasteiger partial charge in [0.2, 0.25) is 0 Å². The van der Waals surface area contributed by atoms with Crippen molar-refractivity contribution in [2.75, 3.05) is 13.2 Å². The van der Waals surface area contributed by atoms with Crippen molar-refractivity contribution in [3.8, 4) is 0 Å². The molecule has 6 heteroatoms. The van der Waals surface area contributed by atoms with Crippen molar-refractivity contribution in [1.82, 2.24) is 0 Å². The highest BCUT2D eigenvalue weighted by atomic mass is 31.2. The Morgan fingerprint density at radius 3 is 1.55 bits per heavy atom. The molecular weight excluding hydrogens is 279 g/mol. The molecule has 123 valence electrons. The van der Waals surface area contributed by atoms with E-state index in [1.54, 1.807) is 0 Å². The van der Waals surface area contributed by atoms with Crippen molar-refractivity contribution < 1.29 is 24.0 Å². The van der Waals surface area contributed by atoms with Crippen molar-refractivity contribution in [2.45, 2.75) is 71.1 Å². The zero-order chi connectivity index (χ0) is 15.7. The molecular formula is C14H32O5P. The Bertz CT molecular complexity index is 197. The van der Waals surface area contributed by atoms with E-state index in [4.69, 9.17) is 24.0 Å². The molecule has 1 radical (unpaired) electrons. The summed E-state index contributed by atoms with van der Waals surface area (Å²) in [5, 5.41) is 0. The predicted molar refractivity (Wildman–Crippen MR) is 82.3 cm³/mol. The van der Waals surface area contributed by atoms with Crippen LogP contribution in [-0.4, -0.2) is 27.9 Å². The molecule has 0 spiro atoms. The molecule has 0 amide bonds. The summed E-state index contributed by atoms with van der Waals surface area (Å²) in [6, 6.07) is 0. The number of hydrogen-bond donors (Lipinski definition) is 3. The van der Waals surface area contributed by atoms with E-state index >= 15 is 0 Å². The fourth-order valence-corrected chi connectivity index (χ4v) is 1.79. The molecule has 3 N–H and O–H groups in total. The lowest BCUT2D eigenvalue weighted by Crippen LogP contribution is -1.93. The molecule has 20 heavy (non-hydrogen) atoms. The van der Waals surface area contributed by atoms with E-state index in [0.29, 0.717) is 6.61 Å². The smallest absolute Gasteiger partial charge is 0.381 e. The van der Waals surface area contributed by atoms with Gasteiger partial charge in [-0.15, -0.1) is 0 Å². The second-order valence-electron chi connectivity index (χ2n) is 4.81. The minimum absolute atomic E-state index is 0.622. The summed E-state index contributed by atoms with van der Waals surface area (Å²) in [5.74, 6) is 0. The summed E-state index contributed by atoms with van der Waals surface area (Å²) in [6.07, 6.45) is 13.9. The lowest BCUT2D eigenvalue weighted by molar-refractivity contribution is 0.156. The van der Waals surface area contributed by atoms with Crippen LogP contribution in [0, 0.1) is 6.92 Å². The Balaban J connectivity index is 0. The standard InChI is InChI=1S/C14H29O.H3O4P/c1-3-5-6-7-8-9-10-11-12-13-14-15-4-2;1-5(2,3)4/h2-14H2,1H3;(H3,1,2,3,4). The van der Waals surface area contributed by atoms with Crippen molar-refractivity contribution in [3.05, 3.63) is 6.92 Å². The van der Waals surface area contributed by atoms with Crippen LogP contribution in [0.2, 0.25) is 0 Å². The van der Waals surface area contributed by atoms with Crippen LogP contribution in [0.15, 0.2) is 0 Å². The summed E-state index contributed by atoms with van der Waals surface area (Å²) < 4.78 is 14.1. The van der Waals surface area contributed by atoms with Gasteiger partial charge < -0.3 is 19.4 Å². The van der Waals surface area contributed by atoms with Gasteiger partial charge in [-0.05, 0) is 13.3 Å². The van der Waals surface area contributed by atoms with Gasteiger partial charge in [0.1, 0.15) is 0 Å². The van der Waals surface area contributed by atoms with Gasteiger partial charge in [0, 0.05) is 13.2 Å². The molecule has 0 aromatic heterocycles. The third-order valence-electron chi connectivity index (χ3n) is 2.79. The van der Waals surface area contributed by atoms with E-state index in [1.807, 2.05) is 0 Å². The number of unbranched alkanes of at least 4 members (excludes halogenated alkanes) is 9. The van der Waals surface area contributed by atoms with Gasteiger partial charge in [-0.3, -0.25) is 0 Å². The van der Waals surface area contributed by atoms with Crippen LogP contribution in [0.3, 0.4) is 0 Å². The van der Waals surface area contributed by atoms with Crippen LogP contribution in [0.25, 0.3) is 0 Å². The highest BCUT2D eigenvalue weighted by molar-refractivity contribution is 7.45. The van der Waals surface area contributed by atoms with Gasteiger partial charge in [0.15, 0.2) is 0 Å². The monoisotopic (exact) mass is 311 g/mol. The first-order valence-electron chi connectivity index (χ1n) is 7.57. The minimum atomic E-state index is -4.64. The van der Waals surface area contributed by atoms with Crippen LogP contribution in [0.4, 0.5) is 0 Å². The second kappa shape index (κ2) is 17.1. The fraction of sp³-hybridized carbons (Fsp3) is 0.929. The van der Waals surface area contributed by atoms with Crippen LogP contribution in [0.5, 0.6) is 0 Å². The lowest BCUT2D eigenvalue weighted by atomic mass is 10.1. The first kappa shape index (κ1) is 22.4. The second-order valence-corrected chi connectivity index (χ2v) is 5.83. The van der Waals surface area contributed by atoms with E-state index in [0.717, 1.165) is 6.61 Å². The van der Waals surface area contributed by atoms with E-state index in [9.17, 15) is 0 Å². The molecule has 0 aromatic rings. The van der Waals surface area contributed by atoms with Crippen LogP contribution >= 0.6 is 7.82 Å². The van der Waals surface area contributed by atoms with Gasteiger partial charge in [0.05, 0.1) is 0 Å². The molecule has 5 nitrogen and oxygen atoms in total. The van der Waals surface area contributed by atoms with Crippen LogP contribution < -0.4 is 0 Å². The topological polar surface area (TPSA) is 87.0 Å². The summed E-state index contributed by atoms with van der Waals surface area (Å²) in [4.78, 5) is 21.6. The Kier molecular flexibility index (Phi) is 19.1. The molecule has 0 fully saturated rings. The summed E-state index contributed by atoms with van der Waals surface area (Å²) >= 11 is 0. The molecule has 0 unspecified atom stereocenters. The van der Waals surface area contributed by atoms with E-state index < -0.39 is 7.82 Å². The quantitative estimate of drug-likeness (QED) is 0.376. The summed E-state index contributed by atoms with van der Waals surface area (Å²) in [7, 11) is -4.64. The maximum Gasteiger partial charge on any atom is 0.466 e. The minimum Gasteiger partial charge on any atom is -0.381 e. The number of hydrogen-bond acceptors (Lipinski definition) is 2. The molecule has 0 aromatic carbocycles. The molecule has 0 aliphatic heterocycles. The fourth-order valence-electron chi connectivity index (χ4n) is 1.79. The van der Waals surface area contributed by atoms with Crippen LogP contribution in [-0.2, 0) is 9.30 Å². The summed E-state index contributed by atoms with van der Waals surface area (Å²) in [6.45, 7) is 7.44. The maximum atomic E-state index is 8.88. The molecule has 0 atom stereocenters. The summed E-state index contributed by atoms with van der Waals surface area (Å²) in [5.41, 5.74) is 0. The Labute approximate surface area is 124 Å². The molecule has 0 heterocycles. The molecule has 0 aliphatic carbocycles.